The first kappa shape index (κ1) is 29.4. The fourth-order valence-corrected chi connectivity index (χ4v) is 4.49. The monoisotopic (exact) mass is 515 g/mol. The van der Waals surface area contributed by atoms with Crippen molar-refractivity contribution in [2.75, 3.05) is 6.61 Å². The van der Waals surface area contributed by atoms with Gasteiger partial charge < -0.3 is 9.47 Å². The number of unbranched alkanes of at least 4 members (excludes halogenated alkanes) is 10. The van der Waals surface area contributed by atoms with Gasteiger partial charge in [-0.1, -0.05) is 90.2 Å². The van der Waals surface area contributed by atoms with Crippen LogP contribution in [0.25, 0.3) is 11.3 Å². The second-order valence-electron chi connectivity index (χ2n) is 10.1. The van der Waals surface area contributed by atoms with E-state index in [0.29, 0.717) is 11.3 Å². The Balaban J connectivity index is 1.41. The summed E-state index contributed by atoms with van der Waals surface area (Å²) in [5.74, 6) is 0.980. The fourth-order valence-electron chi connectivity index (χ4n) is 4.49. The Hall–Kier alpha value is -3.14. The minimum Gasteiger partial charge on any atom is -0.492 e. The number of carbonyl (C=O) groups is 1. The third kappa shape index (κ3) is 10.7. The molecule has 0 unspecified atom stereocenters. The third-order valence-corrected chi connectivity index (χ3v) is 6.87. The molecule has 3 aromatic rings. The molecule has 0 radical (unpaired) electrons. The number of hydrogen-bond acceptors (Lipinski definition) is 4. The summed E-state index contributed by atoms with van der Waals surface area (Å²) < 4.78 is 11.4. The summed E-state index contributed by atoms with van der Waals surface area (Å²) >= 11 is 0. The Morgan fingerprint density at radius 2 is 1.26 bits per heavy atom. The number of esters is 1. The molecule has 0 N–H and O–H groups in total. The molecule has 2 aromatic carbocycles. The van der Waals surface area contributed by atoms with Crippen LogP contribution >= 0.6 is 0 Å². The van der Waals surface area contributed by atoms with E-state index in [1.54, 1.807) is 6.20 Å². The highest BCUT2D eigenvalue weighted by Crippen LogP contribution is 2.23. The van der Waals surface area contributed by atoms with Crippen molar-refractivity contribution in [2.45, 2.75) is 97.3 Å². The maximum absolute atomic E-state index is 12.6. The number of aromatic nitrogens is 1. The van der Waals surface area contributed by atoms with E-state index < -0.39 is 0 Å². The summed E-state index contributed by atoms with van der Waals surface area (Å²) in [6, 6.07) is 19.2. The summed E-state index contributed by atoms with van der Waals surface area (Å²) in [7, 11) is 0. The first-order chi connectivity index (χ1) is 18.7. The van der Waals surface area contributed by atoms with Gasteiger partial charge in [0, 0.05) is 5.56 Å². The predicted octanol–water partition coefficient (Wildman–Crippen LogP) is 9.61. The molecule has 38 heavy (non-hydrogen) atoms. The second-order valence-corrected chi connectivity index (χ2v) is 10.1. The Bertz CT molecular complexity index is 1040. The molecule has 3 rings (SSSR count). The van der Waals surface area contributed by atoms with Gasteiger partial charge in [0.05, 0.1) is 24.1 Å². The molecule has 0 saturated heterocycles. The van der Waals surface area contributed by atoms with Crippen molar-refractivity contribution >= 4 is 5.97 Å². The van der Waals surface area contributed by atoms with Crippen LogP contribution in [0.4, 0.5) is 0 Å². The molecule has 0 aliphatic heterocycles. The number of aryl methyl sites for hydroxylation is 1. The van der Waals surface area contributed by atoms with Crippen LogP contribution in [0.5, 0.6) is 11.5 Å². The van der Waals surface area contributed by atoms with Crippen LogP contribution in [0.3, 0.4) is 0 Å². The first-order valence-electron chi connectivity index (χ1n) is 14.7. The van der Waals surface area contributed by atoms with E-state index in [1.165, 1.54) is 76.2 Å². The largest absolute Gasteiger partial charge is 0.492 e. The minimum atomic E-state index is -0.339. The average molecular weight is 516 g/mol. The van der Waals surface area contributed by atoms with Crippen molar-refractivity contribution in [3.63, 3.8) is 0 Å². The maximum atomic E-state index is 12.6. The molecule has 0 bridgehead atoms. The summed E-state index contributed by atoms with van der Waals surface area (Å²) in [5, 5.41) is 0. The molecular weight excluding hydrogens is 470 g/mol. The highest BCUT2D eigenvalue weighted by molar-refractivity contribution is 5.91. The minimum absolute atomic E-state index is 0.339. The normalized spacial score (nSPS) is 10.9. The van der Waals surface area contributed by atoms with Crippen LogP contribution in [0.2, 0.25) is 0 Å². The Kier molecular flexibility index (Phi) is 13.5. The lowest BCUT2D eigenvalue weighted by atomic mass is 10.0. The molecule has 0 aliphatic rings. The highest BCUT2D eigenvalue weighted by atomic mass is 16.5. The number of ether oxygens (including phenoxy) is 2. The molecule has 0 spiro atoms. The number of carbonyl (C=O) groups excluding carboxylic acids is 1. The lowest BCUT2D eigenvalue weighted by Crippen LogP contribution is -2.08. The zero-order chi connectivity index (χ0) is 26.8. The van der Waals surface area contributed by atoms with E-state index in [1.807, 2.05) is 60.7 Å². The summed E-state index contributed by atoms with van der Waals surface area (Å²) in [4.78, 5) is 17.1. The SMILES string of the molecule is CCCCCCCCOc1ccc(-c2ccc(OC(=O)c3ccc(CCCCCCCC)cc3)cc2)nc1. The summed E-state index contributed by atoms with van der Waals surface area (Å²) in [6.07, 6.45) is 18.0. The van der Waals surface area contributed by atoms with Gasteiger partial charge in [0.15, 0.2) is 0 Å². The summed E-state index contributed by atoms with van der Waals surface area (Å²) in [6.45, 7) is 5.21. The number of nitrogens with zero attached hydrogens (tertiary/aromatic N) is 1. The van der Waals surface area contributed by atoms with Gasteiger partial charge in [-0.05, 0) is 73.4 Å². The number of benzene rings is 2. The van der Waals surface area contributed by atoms with Crippen LogP contribution < -0.4 is 9.47 Å². The Labute approximate surface area is 229 Å². The van der Waals surface area contributed by atoms with E-state index in [4.69, 9.17) is 9.47 Å². The standard InChI is InChI=1S/C34H45NO3/c1-3-5-7-9-11-13-15-28-16-18-30(19-17-28)34(36)38-31-22-20-29(21-23-31)33-25-24-32(27-35-33)37-26-14-12-10-8-6-4-2/h16-25,27H,3-15,26H2,1-2H3. The molecule has 0 fully saturated rings. The molecule has 4 nitrogen and oxygen atoms in total. The van der Waals surface area contributed by atoms with Crippen molar-refractivity contribution in [3.05, 3.63) is 78.0 Å². The molecule has 4 heteroatoms. The van der Waals surface area contributed by atoms with Gasteiger partial charge >= 0.3 is 5.97 Å². The highest BCUT2D eigenvalue weighted by Gasteiger charge is 2.09. The zero-order valence-electron chi connectivity index (χ0n) is 23.4. The molecule has 0 saturated carbocycles. The summed E-state index contributed by atoms with van der Waals surface area (Å²) in [5.41, 5.74) is 3.66. The van der Waals surface area contributed by atoms with Gasteiger partial charge in [-0.3, -0.25) is 4.98 Å². The molecule has 1 aromatic heterocycles. The smallest absolute Gasteiger partial charge is 0.343 e. The van der Waals surface area contributed by atoms with Crippen molar-refractivity contribution < 1.29 is 14.3 Å². The van der Waals surface area contributed by atoms with Crippen LogP contribution in [0.1, 0.15) is 107 Å². The molecule has 1 heterocycles. The molecule has 0 aliphatic carbocycles. The van der Waals surface area contributed by atoms with Crippen molar-refractivity contribution in [2.24, 2.45) is 0 Å². The van der Waals surface area contributed by atoms with Gasteiger partial charge in [-0.2, -0.15) is 0 Å². The zero-order valence-corrected chi connectivity index (χ0v) is 23.4. The van der Waals surface area contributed by atoms with Crippen molar-refractivity contribution in [3.8, 4) is 22.8 Å². The van der Waals surface area contributed by atoms with Gasteiger partial charge in [-0.25, -0.2) is 4.79 Å². The van der Waals surface area contributed by atoms with Crippen LogP contribution in [0, 0.1) is 0 Å². The number of hydrogen-bond donors (Lipinski definition) is 0. The lowest BCUT2D eigenvalue weighted by Gasteiger charge is -2.08. The molecular formula is C34H45NO3. The average Bonchev–Trinajstić information content (AvgIpc) is 2.95. The van der Waals surface area contributed by atoms with Gasteiger partial charge in [0.1, 0.15) is 11.5 Å². The van der Waals surface area contributed by atoms with Crippen LogP contribution in [-0.2, 0) is 6.42 Å². The first-order valence-corrected chi connectivity index (χ1v) is 14.7. The maximum Gasteiger partial charge on any atom is 0.343 e. The van der Waals surface area contributed by atoms with Crippen LogP contribution in [0.15, 0.2) is 66.9 Å². The number of rotatable bonds is 18. The van der Waals surface area contributed by atoms with E-state index in [2.05, 4.69) is 18.8 Å². The van der Waals surface area contributed by atoms with Crippen molar-refractivity contribution in [1.82, 2.24) is 4.98 Å². The fraction of sp³-hybridized carbons (Fsp3) is 0.471. The van der Waals surface area contributed by atoms with Crippen molar-refractivity contribution in [1.29, 1.82) is 0 Å². The van der Waals surface area contributed by atoms with E-state index in [0.717, 1.165) is 36.5 Å². The van der Waals surface area contributed by atoms with Gasteiger partial charge in [0.2, 0.25) is 0 Å². The van der Waals surface area contributed by atoms with Crippen LogP contribution in [-0.4, -0.2) is 17.6 Å². The molecule has 0 amide bonds. The Morgan fingerprint density at radius 3 is 1.89 bits per heavy atom. The van der Waals surface area contributed by atoms with Gasteiger partial charge in [-0.15, -0.1) is 0 Å². The quantitative estimate of drug-likeness (QED) is 0.0961. The van der Waals surface area contributed by atoms with E-state index in [-0.39, 0.29) is 5.97 Å². The second kappa shape index (κ2) is 17.4. The lowest BCUT2D eigenvalue weighted by molar-refractivity contribution is 0.0734. The topological polar surface area (TPSA) is 48.4 Å². The third-order valence-electron chi connectivity index (χ3n) is 6.87. The number of pyridine rings is 1. The van der Waals surface area contributed by atoms with E-state index in [9.17, 15) is 4.79 Å². The van der Waals surface area contributed by atoms with E-state index >= 15 is 0 Å². The predicted molar refractivity (Wildman–Crippen MR) is 157 cm³/mol. The van der Waals surface area contributed by atoms with Gasteiger partial charge in [0.25, 0.3) is 0 Å². The molecule has 204 valence electrons. The molecule has 0 atom stereocenters. The Morgan fingerprint density at radius 1 is 0.658 bits per heavy atom.